The van der Waals surface area contributed by atoms with E-state index < -0.39 is 0 Å². The lowest BCUT2D eigenvalue weighted by Gasteiger charge is -2.08. The molecule has 0 saturated carbocycles. The maximum atomic E-state index is 11.4. The van der Waals surface area contributed by atoms with E-state index in [0.717, 1.165) is 0 Å². The number of anilines is 1. The predicted octanol–water partition coefficient (Wildman–Crippen LogP) is 2.21. The Hall–Kier alpha value is -1.84. The van der Waals surface area contributed by atoms with Gasteiger partial charge in [0.25, 0.3) is 0 Å². The van der Waals surface area contributed by atoms with Crippen molar-refractivity contribution in [3.63, 3.8) is 0 Å². The second kappa shape index (κ2) is 5.30. The van der Waals surface area contributed by atoms with Gasteiger partial charge in [0.15, 0.2) is 0 Å². The summed E-state index contributed by atoms with van der Waals surface area (Å²) < 4.78 is 4.87. The average molecular weight is 221 g/mol. The SMILES string of the molecule is CC(=O)Oc1ccc(NC(=O)C(C)C)cc1. The van der Waals surface area contributed by atoms with Crippen LogP contribution in [0.3, 0.4) is 0 Å². The third-order valence-corrected chi connectivity index (χ3v) is 1.91. The molecule has 0 spiro atoms. The second-order valence-corrected chi connectivity index (χ2v) is 3.76. The molecule has 0 atom stereocenters. The van der Waals surface area contributed by atoms with E-state index in [2.05, 4.69) is 5.32 Å². The molecule has 0 aliphatic rings. The van der Waals surface area contributed by atoms with Gasteiger partial charge in [-0.1, -0.05) is 13.8 Å². The third kappa shape index (κ3) is 3.73. The number of carbonyl (C=O) groups is 2. The summed E-state index contributed by atoms with van der Waals surface area (Å²) in [6.07, 6.45) is 0. The fraction of sp³-hybridized carbons (Fsp3) is 0.333. The first-order valence-electron chi connectivity index (χ1n) is 5.08. The summed E-state index contributed by atoms with van der Waals surface area (Å²) in [5.74, 6) is 0.00222. The van der Waals surface area contributed by atoms with E-state index >= 15 is 0 Å². The maximum absolute atomic E-state index is 11.4. The lowest BCUT2D eigenvalue weighted by Crippen LogP contribution is -2.17. The molecule has 0 saturated heterocycles. The van der Waals surface area contributed by atoms with Crippen molar-refractivity contribution < 1.29 is 14.3 Å². The molecule has 1 rings (SSSR count). The lowest BCUT2D eigenvalue weighted by molar-refractivity contribution is -0.131. The Kier molecular flexibility index (Phi) is 4.05. The quantitative estimate of drug-likeness (QED) is 0.629. The van der Waals surface area contributed by atoms with Gasteiger partial charge < -0.3 is 10.1 Å². The number of hydrogen-bond donors (Lipinski definition) is 1. The molecule has 4 nitrogen and oxygen atoms in total. The van der Waals surface area contributed by atoms with Gasteiger partial charge in [0.2, 0.25) is 5.91 Å². The van der Waals surface area contributed by atoms with Crippen molar-refractivity contribution in [2.24, 2.45) is 5.92 Å². The van der Waals surface area contributed by atoms with Gasteiger partial charge >= 0.3 is 5.97 Å². The van der Waals surface area contributed by atoms with Crippen LogP contribution in [0.5, 0.6) is 5.75 Å². The van der Waals surface area contributed by atoms with E-state index in [-0.39, 0.29) is 17.8 Å². The highest BCUT2D eigenvalue weighted by molar-refractivity contribution is 5.92. The minimum atomic E-state index is -0.362. The van der Waals surface area contributed by atoms with E-state index in [4.69, 9.17) is 4.74 Å². The first-order chi connectivity index (χ1) is 7.49. The van der Waals surface area contributed by atoms with Crippen LogP contribution in [0.25, 0.3) is 0 Å². The topological polar surface area (TPSA) is 55.4 Å². The number of carbonyl (C=O) groups excluding carboxylic acids is 2. The molecular formula is C12H15NO3. The monoisotopic (exact) mass is 221 g/mol. The number of hydrogen-bond acceptors (Lipinski definition) is 3. The number of rotatable bonds is 3. The zero-order valence-electron chi connectivity index (χ0n) is 9.61. The van der Waals surface area contributed by atoms with Crippen molar-refractivity contribution in [1.82, 2.24) is 0 Å². The van der Waals surface area contributed by atoms with E-state index in [1.807, 2.05) is 13.8 Å². The van der Waals surface area contributed by atoms with E-state index in [1.165, 1.54) is 6.92 Å². The van der Waals surface area contributed by atoms with Crippen LogP contribution in [0.15, 0.2) is 24.3 Å². The van der Waals surface area contributed by atoms with Gasteiger partial charge in [-0.2, -0.15) is 0 Å². The van der Waals surface area contributed by atoms with Crippen molar-refractivity contribution in [2.45, 2.75) is 20.8 Å². The van der Waals surface area contributed by atoms with Gasteiger partial charge in [0, 0.05) is 18.5 Å². The Morgan fingerprint density at radius 2 is 1.75 bits per heavy atom. The molecule has 1 amide bonds. The van der Waals surface area contributed by atoms with Crippen LogP contribution in [0, 0.1) is 5.92 Å². The van der Waals surface area contributed by atoms with Crippen LogP contribution in [0.2, 0.25) is 0 Å². The van der Waals surface area contributed by atoms with Crippen LogP contribution in [-0.4, -0.2) is 11.9 Å². The number of benzene rings is 1. The highest BCUT2D eigenvalue weighted by Gasteiger charge is 2.06. The molecule has 4 heteroatoms. The van der Waals surface area contributed by atoms with Gasteiger partial charge in [0.1, 0.15) is 5.75 Å². The Morgan fingerprint density at radius 3 is 2.19 bits per heavy atom. The van der Waals surface area contributed by atoms with E-state index in [1.54, 1.807) is 24.3 Å². The van der Waals surface area contributed by atoms with Gasteiger partial charge in [0.05, 0.1) is 0 Å². The zero-order valence-corrected chi connectivity index (χ0v) is 9.61. The molecule has 0 bridgehead atoms. The molecule has 0 heterocycles. The first kappa shape index (κ1) is 12.2. The molecule has 16 heavy (non-hydrogen) atoms. The van der Waals surface area contributed by atoms with Gasteiger partial charge in [-0.3, -0.25) is 9.59 Å². The number of nitrogens with one attached hydrogen (secondary N) is 1. The smallest absolute Gasteiger partial charge is 0.308 e. The third-order valence-electron chi connectivity index (χ3n) is 1.91. The Labute approximate surface area is 94.6 Å². The van der Waals surface area contributed by atoms with Crippen LogP contribution in [0.1, 0.15) is 20.8 Å². The molecule has 0 aromatic heterocycles. The summed E-state index contributed by atoms with van der Waals surface area (Å²) in [4.78, 5) is 22.1. The van der Waals surface area contributed by atoms with Crippen LogP contribution in [0.4, 0.5) is 5.69 Å². The van der Waals surface area contributed by atoms with Crippen molar-refractivity contribution in [3.05, 3.63) is 24.3 Å². The summed E-state index contributed by atoms with van der Waals surface area (Å²) in [6.45, 7) is 4.99. The summed E-state index contributed by atoms with van der Waals surface area (Å²) >= 11 is 0. The molecule has 0 fully saturated rings. The number of esters is 1. The van der Waals surface area contributed by atoms with Crippen LogP contribution >= 0.6 is 0 Å². The Bertz CT molecular complexity index is 382. The summed E-state index contributed by atoms with van der Waals surface area (Å²) in [5, 5.41) is 2.74. The average Bonchev–Trinajstić information content (AvgIpc) is 2.20. The van der Waals surface area contributed by atoms with Crippen LogP contribution in [-0.2, 0) is 9.59 Å². The molecule has 0 unspecified atom stereocenters. The summed E-state index contributed by atoms with van der Waals surface area (Å²) in [6, 6.07) is 6.66. The lowest BCUT2D eigenvalue weighted by atomic mass is 10.2. The van der Waals surface area contributed by atoms with Gasteiger partial charge in [-0.25, -0.2) is 0 Å². The highest BCUT2D eigenvalue weighted by Crippen LogP contribution is 2.16. The predicted molar refractivity (Wildman–Crippen MR) is 61.2 cm³/mol. The molecule has 86 valence electrons. The molecule has 1 aromatic carbocycles. The van der Waals surface area contributed by atoms with Crippen molar-refractivity contribution in [1.29, 1.82) is 0 Å². The molecule has 0 aliphatic heterocycles. The Balaban J connectivity index is 2.64. The molecule has 1 N–H and O–H groups in total. The zero-order chi connectivity index (χ0) is 12.1. The first-order valence-corrected chi connectivity index (χ1v) is 5.08. The second-order valence-electron chi connectivity index (χ2n) is 3.76. The number of ether oxygens (including phenoxy) is 1. The maximum Gasteiger partial charge on any atom is 0.308 e. The van der Waals surface area contributed by atoms with E-state index in [9.17, 15) is 9.59 Å². The standard InChI is InChI=1S/C12H15NO3/c1-8(2)12(15)13-10-4-6-11(7-5-10)16-9(3)14/h4-8H,1-3H3,(H,13,15). The molecule has 0 aliphatic carbocycles. The largest absolute Gasteiger partial charge is 0.427 e. The highest BCUT2D eigenvalue weighted by atomic mass is 16.5. The van der Waals surface area contributed by atoms with Crippen LogP contribution < -0.4 is 10.1 Å². The fourth-order valence-electron chi connectivity index (χ4n) is 1.06. The fourth-order valence-corrected chi connectivity index (χ4v) is 1.06. The minimum Gasteiger partial charge on any atom is -0.427 e. The van der Waals surface area contributed by atoms with Crippen molar-refractivity contribution in [2.75, 3.05) is 5.32 Å². The minimum absolute atomic E-state index is 0.0414. The molecule has 1 aromatic rings. The summed E-state index contributed by atoms with van der Waals surface area (Å²) in [7, 11) is 0. The number of amides is 1. The molecule has 0 radical (unpaired) electrons. The van der Waals surface area contributed by atoms with E-state index in [0.29, 0.717) is 11.4 Å². The van der Waals surface area contributed by atoms with Gasteiger partial charge in [-0.15, -0.1) is 0 Å². The van der Waals surface area contributed by atoms with Gasteiger partial charge in [-0.05, 0) is 24.3 Å². The Morgan fingerprint density at radius 1 is 1.19 bits per heavy atom. The van der Waals surface area contributed by atoms with Crippen molar-refractivity contribution in [3.8, 4) is 5.75 Å². The summed E-state index contributed by atoms with van der Waals surface area (Å²) in [5.41, 5.74) is 0.689. The normalized spacial score (nSPS) is 10.0. The molecular weight excluding hydrogens is 206 g/mol. The van der Waals surface area contributed by atoms with Crippen molar-refractivity contribution >= 4 is 17.6 Å².